The van der Waals surface area contributed by atoms with Gasteiger partial charge in [-0.3, -0.25) is 0 Å². The Hall–Kier alpha value is -0.530. The van der Waals surface area contributed by atoms with Crippen LogP contribution in [0.2, 0.25) is 5.02 Å². The molecule has 14 heavy (non-hydrogen) atoms. The first-order valence-corrected chi connectivity index (χ1v) is 5.41. The summed E-state index contributed by atoms with van der Waals surface area (Å²) in [6.07, 6.45) is 2.62. The maximum atomic E-state index is 5.88. The zero-order chi connectivity index (χ0) is 10.2. The lowest BCUT2D eigenvalue weighted by Gasteiger charge is -2.20. The van der Waals surface area contributed by atoms with Gasteiger partial charge in [-0.15, -0.1) is 0 Å². The lowest BCUT2D eigenvalue weighted by Crippen LogP contribution is -2.25. The van der Waals surface area contributed by atoms with E-state index in [9.17, 15) is 0 Å². The monoisotopic (exact) mass is 209 g/mol. The molecule has 0 aromatic heterocycles. The number of hydrogen-bond acceptors (Lipinski definition) is 1. The van der Waals surface area contributed by atoms with Gasteiger partial charge in [0.05, 0.1) is 0 Å². The number of likely N-dealkylation sites (N-methyl/N-ethyl adjacent to an activating group) is 1. The average molecular weight is 210 g/mol. The van der Waals surface area contributed by atoms with Gasteiger partial charge in [0, 0.05) is 17.0 Å². The molecule has 1 aliphatic rings. The fourth-order valence-electron chi connectivity index (χ4n) is 2.10. The molecule has 1 aromatic rings. The predicted octanol–water partition coefficient (Wildman–Crippen LogP) is 2.93. The van der Waals surface area contributed by atoms with Crippen LogP contribution in [0.4, 0.5) is 0 Å². The summed E-state index contributed by atoms with van der Waals surface area (Å²) in [5, 5.41) is 0.828. The lowest BCUT2D eigenvalue weighted by molar-refractivity contribution is 0.362. The minimum absolute atomic E-state index is 0.425. The van der Waals surface area contributed by atoms with Gasteiger partial charge in [-0.1, -0.05) is 23.7 Å². The highest BCUT2D eigenvalue weighted by Gasteiger charge is 2.44. The Balaban J connectivity index is 2.18. The summed E-state index contributed by atoms with van der Waals surface area (Å²) in [7, 11) is 4.27. The molecule has 1 aliphatic carbocycles. The molecule has 0 unspecified atom stereocenters. The highest BCUT2D eigenvalue weighted by Crippen LogP contribution is 2.48. The third-order valence-electron chi connectivity index (χ3n) is 2.93. The molecule has 1 saturated carbocycles. The lowest BCUT2D eigenvalue weighted by atomic mass is 9.96. The van der Waals surface area contributed by atoms with Crippen LogP contribution in [0.25, 0.3) is 0 Å². The standard InChI is InChI=1S/C12H16ClN/c1-14(2)9-12(7-8-12)10-3-5-11(13)6-4-10/h3-6H,7-9H2,1-2H3. The van der Waals surface area contributed by atoms with Crippen LogP contribution >= 0.6 is 11.6 Å². The van der Waals surface area contributed by atoms with Crippen LogP contribution in [0, 0.1) is 0 Å². The van der Waals surface area contributed by atoms with Crippen LogP contribution < -0.4 is 0 Å². The first kappa shape index (κ1) is 10.0. The SMILES string of the molecule is CN(C)CC1(c2ccc(Cl)cc2)CC1. The zero-order valence-electron chi connectivity index (χ0n) is 8.76. The molecule has 1 fully saturated rings. The molecule has 2 heteroatoms. The van der Waals surface area contributed by atoms with Crippen molar-refractivity contribution >= 4 is 11.6 Å². The van der Waals surface area contributed by atoms with Crippen molar-refractivity contribution in [2.45, 2.75) is 18.3 Å². The molecule has 0 saturated heterocycles. The predicted molar refractivity (Wildman–Crippen MR) is 60.9 cm³/mol. The van der Waals surface area contributed by atoms with Crippen molar-refractivity contribution in [1.82, 2.24) is 4.90 Å². The van der Waals surface area contributed by atoms with Crippen molar-refractivity contribution in [2.24, 2.45) is 0 Å². The van der Waals surface area contributed by atoms with E-state index in [0.29, 0.717) is 5.41 Å². The third-order valence-corrected chi connectivity index (χ3v) is 3.18. The fraction of sp³-hybridized carbons (Fsp3) is 0.500. The Labute approximate surface area is 90.7 Å². The summed E-state index contributed by atoms with van der Waals surface area (Å²) < 4.78 is 0. The van der Waals surface area contributed by atoms with Crippen molar-refractivity contribution in [3.8, 4) is 0 Å². The van der Waals surface area contributed by atoms with Crippen LogP contribution in [-0.2, 0) is 5.41 Å². The van der Waals surface area contributed by atoms with E-state index in [1.165, 1.54) is 18.4 Å². The third kappa shape index (κ3) is 1.94. The Morgan fingerprint density at radius 3 is 2.21 bits per heavy atom. The van der Waals surface area contributed by atoms with Gasteiger partial charge in [-0.05, 0) is 44.6 Å². The van der Waals surface area contributed by atoms with Gasteiger partial charge in [0.15, 0.2) is 0 Å². The average Bonchev–Trinajstić information content (AvgIpc) is 2.85. The first-order valence-electron chi connectivity index (χ1n) is 5.03. The van der Waals surface area contributed by atoms with Gasteiger partial charge in [-0.25, -0.2) is 0 Å². The van der Waals surface area contributed by atoms with Crippen molar-refractivity contribution in [1.29, 1.82) is 0 Å². The summed E-state index contributed by atoms with van der Waals surface area (Å²) in [6.45, 7) is 1.15. The highest BCUT2D eigenvalue weighted by atomic mass is 35.5. The zero-order valence-corrected chi connectivity index (χ0v) is 9.51. The van der Waals surface area contributed by atoms with E-state index in [1.807, 2.05) is 12.1 Å². The van der Waals surface area contributed by atoms with Gasteiger partial charge in [-0.2, -0.15) is 0 Å². The first-order chi connectivity index (χ1) is 6.62. The van der Waals surface area contributed by atoms with Crippen molar-refractivity contribution < 1.29 is 0 Å². The van der Waals surface area contributed by atoms with E-state index in [1.54, 1.807) is 0 Å². The molecule has 1 aromatic carbocycles. The molecular formula is C12H16ClN. The molecule has 0 atom stereocenters. The molecule has 0 bridgehead atoms. The normalized spacial score (nSPS) is 18.6. The van der Waals surface area contributed by atoms with E-state index in [2.05, 4.69) is 31.1 Å². The summed E-state index contributed by atoms with van der Waals surface area (Å²) in [6, 6.07) is 8.32. The quantitative estimate of drug-likeness (QED) is 0.740. The number of nitrogens with zero attached hydrogens (tertiary/aromatic N) is 1. The van der Waals surface area contributed by atoms with E-state index in [0.717, 1.165) is 11.6 Å². The van der Waals surface area contributed by atoms with E-state index in [-0.39, 0.29) is 0 Å². The molecule has 0 heterocycles. The topological polar surface area (TPSA) is 3.24 Å². The van der Waals surface area contributed by atoms with Gasteiger partial charge in [0.25, 0.3) is 0 Å². The highest BCUT2D eigenvalue weighted by molar-refractivity contribution is 6.30. The van der Waals surface area contributed by atoms with E-state index < -0.39 is 0 Å². The van der Waals surface area contributed by atoms with Crippen molar-refractivity contribution in [3.05, 3.63) is 34.9 Å². The minimum Gasteiger partial charge on any atom is -0.309 e. The second-order valence-electron chi connectivity index (χ2n) is 4.53. The smallest absolute Gasteiger partial charge is 0.0406 e. The van der Waals surface area contributed by atoms with Crippen molar-refractivity contribution in [2.75, 3.05) is 20.6 Å². The fourth-order valence-corrected chi connectivity index (χ4v) is 2.22. The Bertz CT molecular complexity index is 312. The van der Waals surface area contributed by atoms with Gasteiger partial charge < -0.3 is 4.90 Å². The van der Waals surface area contributed by atoms with Crippen LogP contribution in [0.1, 0.15) is 18.4 Å². The molecule has 0 radical (unpaired) electrons. The summed E-state index contributed by atoms with van der Waals surface area (Å²) >= 11 is 5.88. The molecule has 0 spiro atoms. The van der Waals surface area contributed by atoms with E-state index in [4.69, 9.17) is 11.6 Å². The second-order valence-corrected chi connectivity index (χ2v) is 4.96. The van der Waals surface area contributed by atoms with E-state index >= 15 is 0 Å². The maximum absolute atomic E-state index is 5.88. The number of halogens is 1. The molecule has 0 amide bonds. The molecule has 1 nitrogen and oxygen atoms in total. The Kier molecular flexibility index (Phi) is 2.54. The summed E-state index contributed by atoms with van der Waals surface area (Å²) in [4.78, 5) is 2.27. The van der Waals surface area contributed by atoms with Crippen LogP contribution in [0.5, 0.6) is 0 Å². The minimum atomic E-state index is 0.425. The Morgan fingerprint density at radius 1 is 1.21 bits per heavy atom. The van der Waals surface area contributed by atoms with Crippen LogP contribution in [0.15, 0.2) is 24.3 Å². The van der Waals surface area contributed by atoms with Gasteiger partial charge >= 0.3 is 0 Å². The maximum Gasteiger partial charge on any atom is 0.0406 e. The van der Waals surface area contributed by atoms with Crippen LogP contribution in [-0.4, -0.2) is 25.5 Å². The summed E-state index contributed by atoms with van der Waals surface area (Å²) in [5.41, 5.74) is 1.87. The molecule has 0 aliphatic heterocycles. The number of benzene rings is 1. The van der Waals surface area contributed by atoms with Crippen LogP contribution in [0.3, 0.4) is 0 Å². The number of rotatable bonds is 3. The summed E-state index contributed by atoms with van der Waals surface area (Å²) in [5.74, 6) is 0. The molecule has 0 N–H and O–H groups in total. The van der Waals surface area contributed by atoms with Gasteiger partial charge in [0.1, 0.15) is 0 Å². The Morgan fingerprint density at radius 2 is 1.79 bits per heavy atom. The molecule has 76 valence electrons. The van der Waals surface area contributed by atoms with Gasteiger partial charge in [0.2, 0.25) is 0 Å². The van der Waals surface area contributed by atoms with Crippen molar-refractivity contribution in [3.63, 3.8) is 0 Å². The largest absolute Gasteiger partial charge is 0.309 e. The molecular weight excluding hydrogens is 194 g/mol. The second kappa shape index (κ2) is 3.56. The molecule has 2 rings (SSSR count). The number of hydrogen-bond donors (Lipinski definition) is 0.